The monoisotopic (exact) mass is 342 g/mol. The summed E-state index contributed by atoms with van der Waals surface area (Å²) < 4.78 is 10.8. The molecular weight excluding hydrogens is 324 g/mol. The van der Waals surface area contributed by atoms with Gasteiger partial charge in [0.15, 0.2) is 0 Å². The Hall–Kier alpha value is -1.23. The number of halogens is 1. The second-order valence-electron chi connectivity index (χ2n) is 5.34. The molecule has 1 aliphatic rings. The lowest BCUT2D eigenvalue weighted by Gasteiger charge is -2.35. The third-order valence-corrected chi connectivity index (χ3v) is 4.67. The highest BCUT2D eigenvalue weighted by Gasteiger charge is 2.42. The number of phenolic OH excluding ortho intramolecular Hbond substituents is 1. The van der Waals surface area contributed by atoms with Gasteiger partial charge in [-0.1, -0.05) is 15.9 Å². The Kier molecular flexibility index (Phi) is 4.00. The van der Waals surface area contributed by atoms with Gasteiger partial charge in [0, 0.05) is 22.9 Å². The SMILES string of the molecule is COC(=O)C1(C)CCc2c(CBr)c(O)c(C)c(C)c2O1. The number of rotatable bonds is 2. The van der Waals surface area contributed by atoms with Crippen molar-refractivity contribution < 1.29 is 19.4 Å². The molecule has 0 bridgehead atoms. The molecule has 0 aromatic heterocycles. The Morgan fingerprint density at radius 2 is 2.10 bits per heavy atom. The molecule has 5 heteroatoms. The van der Waals surface area contributed by atoms with Gasteiger partial charge in [-0.05, 0) is 38.3 Å². The molecule has 0 radical (unpaired) electrons. The summed E-state index contributed by atoms with van der Waals surface area (Å²) in [6.07, 6.45) is 1.21. The number of carbonyl (C=O) groups is 1. The zero-order chi connectivity index (χ0) is 15.1. The minimum Gasteiger partial charge on any atom is -0.507 e. The van der Waals surface area contributed by atoms with Crippen LogP contribution in [-0.2, 0) is 21.3 Å². The molecule has 110 valence electrons. The summed E-state index contributed by atoms with van der Waals surface area (Å²) in [7, 11) is 1.37. The molecule has 4 nitrogen and oxygen atoms in total. The zero-order valence-electron chi connectivity index (χ0n) is 12.2. The quantitative estimate of drug-likeness (QED) is 0.662. The van der Waals surface area contributed by atoms with Crippen LogP contribution in [0, 0.1) is 13.8 Å². The third kappa shape index (κ3) is 2.18. The highest BCUT2D eigenvalue weighted by Crippen LogP contribution is 2.44. The molecule has 0 fully saturated rings. The van der Waals surface area contributed by atoms with Gasteiger partial charge in [-0.25, -0.2) is 4.79 Å². The van der Waals surface area contributed by atoms with Crippen molar-refractivity contribution in [1.29, 1.82) is 0 Å². The van der Waals surface area contributed by atoms with Crippen LogP contribution in [-0.4, -0.2) is 23.8 Å². The van der Waals surface area contributed by atoms with E-state index in [0.29, 0.717) is 29.7 Å². The third-order valence-electron chi connectivity index (χ3n) is 4.11. The molecule has 1 aliphatic heterocycles. The van der Waals surface area contributed by atoms with Crippen LogP contribution in [0.5, 0.6) is 11.5 Å². The van der Waals surface area contributed by atoms with Gasteiger partial charge >= 0.3 is 5.97 Å². The number of ether oxygens (including phenoxy) is 2. The van der Waals surface area contributed by atoms with E-state index in [1.165, 1.54) is 7.11 Å². The smallest absolute Gasteiger partial charge is 0.349 e. The molecule has 0 saturated carbocycles. The topological polar surface area (TPSA) is 55.8 Å². The fourth-order valence-electron chi connectivity index (χ4n) is 2.63. The maximum absolute atomic E-state index is 11.9. The van der Waals surface area contributed by atoms with Crippen molar-refractivity contribution in [3.8, 4) is 11.5 Å². The fourth-order valence-corrected chi connectivity index (χ4v) is 3.23. The van der Waals surface area contributed by atoms with Gasteiger partial charge in [-0.3, -0.25) is 0 Å². The maximum atomic E-state index is 11.9. The average Bonchev–Trinajstić information content (AvgIpc) is 2.45. The largest absolute Gasteiger partial charge is 0.507 e. The van der Waals surface area contributed by atoms with E-state index in [9.17, 15) is 9.90 Å². The van der Waals surface area contributed by atoms with Crippen molar-refractivity contribution in [2.24, 2.45) is 0 Å². The van der Waals surface area contributed by atoms with Crippen LogP contribution < -0.4 is 4.74 Å². The number of fused-ring (bicyclic) bond motifs is 1. The van der Waals surface area contributed by atoms with Crippen molar-refractivity contribution in [1.82, 2.24) is 0 Å². The molecule has 2 rings (SSSR count). The molecular formula is C15H19BrO4. The summed E-state index contributed by atoms with van der Waals surface area (Å²) in [6.45, 7) is 5.50. The Morgan fingerprint density at radius 3 is 2.65 bits per heavy atom. The van der Waals surface area contributed by atoms with Crippen LogP contribution in [0.25, 0.3) is 0 Å². The van der Waals surface area contributed by atoms with E-state index in [2.05, 4.69) is 15.9 Å². The summed E-state index contributed by atoms with van der Waals surface area (Å²) in [5, 5.41) is 10.8. The van der Waals surface area contributed by atoms with E-state index in [1.54, 1.807) is 6.92 Å². The predicted octanol–water partition coefficient (Wildman–Crippen LogP) is 3.16. The number of hydrogen-bond donors (Lipinski definition) is 1. The number of alkyl halides is 1. The second kappa shape index (κ2) is 5.28. The fraction of sp³-hybridized carbons (Fsp3) is 0.533. The molecule has 0 aliphatic carbocycles. The number of hydrogen-bond acceptors (Lipinski definition) is 4. The number of carbonyl (C=O) groups excluding carboxylic acids is 1. The number of esters is 1. The summed E-state index contributed by atoms with van der Waals surface area (Å²) in [5.41, 5.74) is 2.52. The molecule has 0 saturated heterocycles. The van der Waals surface area contributed by atoms with Crippen LogP contribution >= 0.6 is 15.9 Å². The van der Waals surface area contributed by atoms with Gasteiger partial charge in [0.1, 0.15) is 11.5 Å². The van der Waals surface area contributed by atoms with E-state index in [1.807, 2.05) is 13.8 Å². The molecule has 1 heterocycles. The van der Waals surface area contributed by atoms with Crippen LogP contribution in [0.2, 0.25) is 0 Å². The van der Waals surface area contributed by atoms with Crippen molar-refractivity contribution in [2.75, 3.05) is 7.11 Å². The Morgan fingerprint density at radius 1 is 1.45 bits per heavy atom. The molecule has 1 atom stereocenters. The lowest BCUT2D eigenvalue weighted by molar-refractivity contribution is -0.159. The van der Waals surface area contributed by atoms with E-state index in [0.717, 1.165) is 22.3 Å². The minimum atomic E-state index is -0.959. The second-order valence-corrected chi connectivity index (χ2v) is 5.90. The predicted molar refractivity (Wildman–Crippen MR) is 79.6 cm³/mol. The minimum absolute atomic E-state index is 0.309. The van der Waals surface area contributed by atoms with Crippen molar-refractivity contribution >= 4 is 21.9 Å². The average molecular weight is 343 g/mol. The highest BCUT2D eigenvalue weighted by molar-refractivity contribution is 9.08. The Bertz CT molecular complexity index is 568. The van der Waals surface area contributed by atoms with Gasteiger partial charge in [-0.15, -0.1) is 0 Å². The molecule has 1 aromatic rings. The lowest BCUT2D eigenvalue weighted by Crippen LogP contribution is -2.45. The van der Waals surface area contributed by atoms with Gasteiger partial charge in [0.05, 0.1) is 7.11 Å². The number of phenols is 1. The molecule has 1 aromatic carbocycles. The van der Waals surface area contributed by atoms with Crippen molar-refractivity contribution in [3.05, 3.63) is 22.3 Å². The summed E-state index contributed by atoms with van der Waals surface area (Å²) >= 11 is 3.41. The first-order valence-electron chi connectivity index (χ1n) is 6.53. The lowest BCUT2D eigenvalue weighted by atomic mass is 9.87. The first kappa shape index (κ1) is 15.2. The Labute approximate surface area is 127 Å². The molecule has 1 N–H and O–H groups in total. The molecule has 0 spiro atoms. The van der Waals surface area contributed by atoms with E-state index in [-0.39, 0.29) is 5.97 Å². The normalized spacial score (nSPS) is 21.1. The van der Waals surface area contributed by atoms with Crippen molar-refractivity contribution in [2.45, 2.75) is 44.5 Å². The van der Waals surface area contributed by atoms with E-state index in [4.69, 9.17) is 9.47 Å². The number of benzene rings is 1. The van der Waals surface area contributed by atoms with Gasteiger partial charge in [0.25, 0.3) is 0 Å². The van der Waals surface area contributed by atoms with Crippen LogP contribution in [0.1, 0.15) is 35.6 Å². The summed E-state index contributed by atoms with van der Waals surface area (Å²) in [6, 6.07) is 0. The van der Waals surface area contributed by atoms with Crippen molar-refractivity contribution in [3.63, 3.8) is 0 Å². The number of aromatic hydroxyl groups is 1. The van der Waals surface area contributed by atoms with Crippen LogP contribution in [0.15, 0.2) is 0 Å². The van der Waals surface area contributed by atoms with E-state index < -0.39 is 5.60 Å². The molecule has 0 amide bonds. The first-order chi connectivity index (χ1) is 9.35. The highest BCUT2D eigenvalue weighted by atomic mass is 79.9. The summed E-state index contributed by atoms with van der Waals surface area (Å²) in [5.74, 6) is 0.644. The maximum Gasteiger partial charge on any atom is 0.349 e. The van der Waals surface area contributed by atoms with Crippen LogP contribution in [0.4, 0.5) is 0 Å². The molecule has 1 unspecified atom stereocenters. The van der Waals surface area contributed by atoms with Gasteiger partial charge in [0.2, 0.25) is 5.60 Å². The van der Waals surface area contributed by atoms with E-state index >= 15 is 0 Å². The molecule has 20 heavy (non-hydrogen) atoms. The van der Waals surface area contributed by atoms with Gasteiger partial charge < -0.3 is 14.6 Å². The summed E-state index contributed by atoms with van der Waals surface area (Å²) in [4.78, 5) is 11.9. The van der Waals surface area contributed by atoms with Crippen LogP contribution in [0.3, 0.4) is 0 Å². The van der Waals surface area contributed by atoms with Gasteiger partial charge in [-0.2, -0.15) is 0 Å². The zero-order valence-corrected chi connectivity index (χ0v) is 13.8. The Balaban J connectivity index is 2.58. The number of methoxy groups -OCH3 is 1. The standard InChI is InChI=1S/C15H19BrO4/c1-8-9(2)13-10(11(7-16)12(8)17)5-6-15(3,20-13)14(18)19-4/h17H,5-7H2,1-4H3. The first-order valence-corrected chi connectivity index (χ1v) is 7.65.